The fraction of sp³-hybridized carbons (Fsp3) is 0.188. The van der Waals surface area contributed by atoms with Crippen molar-refractivity contribution in [3.63, 3.8) is 0 Å². The van der Waals surface area contributed by atoms with E-state index in [0.717, 1.165) is 10.0 Å². The summed E-state index contributed by atoms with van der Waals surface area (Å²) in [5.74, 6) is 1.15. The number of amides is 1. The van der Waals surface area contributed by atoms with Crippen molar-refractivity contribution in [1.82, 2.24) is 14.8 Å². The fourth-order valence-electron chi connectivity index (χ4n) is 2.28. The molecule has 0 fully saturated rings. The van der Waals surface area contributed by atoms with Gasteiger partial charge in [0.1, 0.15) is 17.8 Å². The Hall–Kier alpha value is -1.93. The van der Waals surface area contributed by atoms with Gasteiger partial charge in [-0.25, -0.2) is 9.67 Å². The standard InChI is InChI=1S/C16H14Br2N4O2/c1-9-13(14(18)10(2)24-9)15(23)20-16-19-8-22(21-16)7-11-3-5-12(17)6-4-11/h3-6,8H,7H2,1-2H3,(H,20,21,23). The van der Waals surface area contributed by atoms with E-state index in [9.17, 15) is 4.79 Å². The second-order valence-corrected chi connectivity index (χ2v) is 6.96. The summed E-state index contributed by atoms with van der Waals surface area (Å²) in [4.78, 5) is 16.5. The van der Waals surface area contributed by atoms with Crippen molar-refractivity contribution >= 4 is 43.7 Å². The number of nitrogens with one attached hydrogen (secondary N) is 1. The zero-order valence-electron chi connectivity index (χ0n) is 13.0. The number of carbonyl (C=O) groups excluding carboxylic acids is 1. The summed E-state index contributed by atoms with van der Waals surface area (Å²) in [6, 6.07) is 7.93. The lowest BCUT2D eigenvalue weighted by atomic mass is 10.2. The van der Waals surface area contributed by atoms with Crippen molar-refractivity contribution in [2.24, 2.45) is 0 Å². The van der Waals surface area contributed by atoms with Crippen molar-refractivity contribution in [1.29, 1.82) is 0 Å². The molecule has 124 valence electrons. The van der Waals surface area contributed by atoms with Crippen molar-refractivity contribution in [2.45, 2.75) is 20.4 Å². The fourth-order valence-corrected chi connectivity index (χ4v) is 3.09. The second kappa shape index (κ2) is 6.90. The third kappa shape index (κ3) is 3.59. The van der Waals surface area contributed by atoms with Gasteiger partial charge in [0, 0.05) is 4.47 Å². The van der Waals surface area contributed by atoms with Gasteiger partial charge in [-0.05, 0) is 47.5 Å². The molecule has 0 spiro atoms. The third-order valence-corrected chi connectivity index (χ3v) is 4.92. The maximum Gasteiger partial charge on any atom is 0.262 e. The molecule has 2 heterocycles. The molecule has 6 nitrogen and oxygen atoms in total. The number of furan rings is 1. The largest absolute Gasteiger partial charge is 0.465 e. The molecule has 3 aromatic rings. The minimum atomic E-state index is -0.308. The highest BCUT2D eigenvalue weighted by Gasteiger charge is 2.20. The quantitative estimate of drug-likeness (QED) is 0.638. The van der Waals surface area contributed by atoms with Crippen LogP contribution < -0.4 is 5.32 Å². The third-order valence-electron chi connectivity index (χ3n) is 3.43. The average molecular weight is 454 g/mol. The minimum Gasteiger partial charge on any atom is -0.465 e. The summed E-state index contributed by atoms with van der Waals surface area (Å²) in [6.45, 7) is 4.11. The monoisotopic (exact) mass is 452 g/mol. The van der Waals surface area contributed by atoms with Crippen LogP contribution in [-0.4, -0.2) is 20.7 Å². The van der Waals surface area contributed by atoms with Crippen molar-refractivity contribution in [3.05, 3.63) is 62.2 Å². The average Bonchev–Trinajstić information content (AvgIpc) is 3.06. The maximum atomic E-state index is 12.4. The summed E-state index contributed by atoms with van der Waals surface area (Å²) in [5, 5.41) is 6.96. The topological polar surface area (TPSA) is 73.0 Å². The van der Waals surface area contributed by atoms with E-state index in [1.165, 1.54) is 0 Å². The number of hydrogen-bond acceptors (Lipinski definition) is 4. The maximum absolute atomic E-state index is 12.4. The lowest BCUT2D eigenvalue weighted by molar-refractivity contribution is 0.102. The first-order valence-electron chi connectivity index (χ1n) is 7.15. The Morgan fingerprint density at radius 2 is 1.92 bits per heavy atom. The van der Waals surface area contributed by atoms with Gasteiger partial charge in [-0.1, -0.05) is 28.1 Å². The summed E-state index contributed by atoms with van der Waals surface area (Å²) in [5.41, 5.74) is 1.54. The molecule has 1 amide bonds. The first-order valence-corrected chi connectivity index (χ1v) is 8.73. The highest BCUT2D eigenvalue weighted by atomic mass is 79.9. The SMILES string of the molecule is Cc1oc(C)c(C(=O)Nc2ncn(Cc3ccc(Br)cc3)n2)c1Br. The Morgan fingerprint density at radius 1 is 1.21 bits per heavy atom. The number of aryl methyl sites for hydroxylation is 2. The van der Waals surface area contributed by atoms with Crippen molar-refractivity contribution in [3.8, 4) is 0 Å². The molecule has 0 aliphatic rings. The number of carbonyl (C=O) groups is 1. The highest BCUT2D eigenvalue weighted by Crippen LogP contribution is 2.27. The summed E-state index contributed by atoms with van der Waals surface area (Å²) < 4.78 is 8.78. The van der Waals surface area contributed by atoms with E-state index in [1.807, 2.05) is 24.3 Å². The van der Waals surface area contributed by atoms with Crippen LogP contribution in [0.4, 0.5) is 5.95 Å². The van der Waals surface area contributed by atoms with E-state index in [2.05, 4.69) is 47.3 Å². The predicted octanol–water partition coefficient (Wildman–Crippen LogP) is 4.31. The molecule has 8 heteroatoms. The number of hydrogen-bond donors (Lipinski definition) is 1. The zero-order valence-corrected chi connectivity index (χ0v) is 16.2. The number of aromatic nitrogens is 3. The first-order chi connectivity index (χ1) is 11.4. The zero-order chi connectivity index (χ0) is 17.3. The molecule has 0 atom stereocenters. The second-order valence-electron chi connectivity index (χ2n) is 5.25. The van der Waals surface area contributed by atoms with E-state index >= 15 is 0 Å². The molecule has 0 aliphatic carbocycles. The van der Waals surface area contributed by atoms with E-state index in [0.29, 0.717) is 28.1 Å². The molecule has 0 saturated carbocycles. The van der Waals surface area contributed by atoms with Gasteiger partial charge in [-0.2, -0.15) is 0 Å². The number of benzene rings is 1. The molecule has 1 N–H and O–H groups in total. The summed E-state index contributed by atoms with van der Waals surface area (Å²) >= 11 is 6.77. The van der Waals surface area contributed by atoms with Crippen LogP contribution in [-0.2, 0) is 6.54 Å². The smallest absolute Gasteiger partial charge is 0.262 e. The van der Waals surface area contributed by atoms with E-state index < -0.39 is 0 Å². The number of rotatable bonds is 4. The Kier molecular flexibility index (Phi) is 4.86. The molecule has 2 aromatic heterocycles. The molecular weight excluding hydrogens is 440 g/mol. The molecular formula is C16H14Br2N4O2. The van der Waals surface area contributed by atoms with Gasteiger partial charge >= 0.3 is 0 Å². The Morgan fingerprint density at radius 3 is 2.54 bits per heavy atom. The van der Waals surface area contributed by atoms with Crippen LogP contribution >= 0.6 is 31.9 Å². The van der Waals surface area contributed by atoms with Crippen LogP contribution in [0.1, 0.15) is 27.4 Å². The van der Waals surface area contributed by atoms with E-state index in [4.69, 9.17) is 4.42 Å². The first kappa shape index (κ1) is 16.9. The molecule has 0 radical (unpaired) electrons. The van der Waals surface area contributed by atoms with Crippen molar-refractivity contribution < 1.29 is 9.21 Å². The molecule has 1 aromatic carbocycles. The molecule has 24 heavy (non-hydrogen) atoms. The van der Waals surface area contributed by atoms with Gasteiger partial charge in [-0.3, -0.25) is 10.1 Å². The number of halogens is 2. The van der Waals surface area contributed by atoms with Gasteiger partial charge in [0.05, 0.1) is 16.6 Å². The molecule has 3 rings (SSSR count). The van der Waals surface area contributed by atoms with E-state index in [-0.39, 0.29) is 11.9 Å². The summed E-state index contributed by atoms with van der Waals surface area (Å²) in [6.07, 6.45) is 1.58. The lowest BCUT2D eigenvalue weighted by Gasteiger charge is -2.02. The highest BCUT2D eigenvalue weighted by molar-refractivity contribution is 9.10. The number of nitrogens with zero attached hydrogens (tertiary/aromatic N) is 3. The Labute approximate surface area is 155 Å². The number of anilines is 1. The molecule has 0 unspecified atom stereocenters. The summed E-state index contributed by atoms with van der Waals surface area (Å²) in [7, 11) is 0. The van der Waals surface area contributed by atoms with Crippen LogP contribution in [0, 0.1) is 13.8 Å². The predicted molar refractivity (Wildman–Crippen MR) is 97.1 cm³/mol. The van der Waals surface area contributed by atoms with Crippen LogP contribution in [0.5, 0.6) is 0 Å². The lowest BCUT2D eigenvalue weighted by Crippen LogP contribution is -2.14. The van der Waals surface area contributed by atoms with Crippen molar-refractivity contribution in [2.75, 3.05) is 5.32 Å². The van der Waals surface area contributed by atoms with Gasteiger partial charge in [0.2, 0.25) is 5.95 Å². The van der Waals surface area contributed by atoms with Gasteiger partial charge in [0.25, 0.3) is 5.91 Å². The van der Waals surface area contributed by atoms with Crippen LogP contribution in [0.2, 0.25) is 0 Å². The normalized spacial score (nSPS) is 10.8. The Bertz CT molecular complexity index is 884. The van der Waals surface area contributed by atoms with Gasteiger partial charge in [-0.15, -0.1) is 5.10 Å². The van der Waals surface area contributed by atoms with Gasteiger partial charge < -0.3 is 4.42 Å². The van der Waals surface area contributed by atoms with Crippen LogP contribution in [0.25, 0.3) is 0 Å². The molecule has 0 saturated heterocycles. The van der Waals surface area contributed by atoms with Gasteiger partial charge in [0.15, 0.2) is 0 Å². The molecule has 0 bridgehead atoms. The Balaban J connectivity index is 1.71. The van der Waals surface area contributed by atoms with Crippen LogP contribution in [0.3, 0.4) is 0 Å². The van der Waals surface area contributed by atoms with Crippen LogP contribution in [0.15, 0.2) is 44.0 Å². The minimum absolute atomic E-state index is 0.252. The van der Waals surface area contributed by atoms with E-state index in [1.54, 1.807) is 24.9 Å². The molecule has 0 aliphatic heterocycles.